The van der Waals surface area contributed by atoms with E-state index in [9.17, 15) is 18.0 Å². The van der Waals surface area contributed by atoms with Gasteiger partial charge in [-0.2, -0.15) is 13.2 Å². The Labute approximate surface area is 144 Å². The van der Waals surface area contributed by atoms with Crippen LogP contribution >= 0.6 is 0 Å². The Balaban J connectivity index is 1.75. The van der Waals surface area contributed by atoms with Gasteiger partial charge < -0.3 is 20.3 Å². The molecule has 0 spiro atoms. The highest BCUT2D eigenvalue weighted by atomic mass is 19.4. The summed E-state index contributed by atoms with van der Waals surface area (Å²) in [6.07, 6.45) is -1.34. The van der Waals surface area contributed by atoms with Crippen LogP contribution in [0.2, 0.25) is 0 Å². The average molecular weight is 360 g/mol. The lowest BCUT2D eigenvalue weighted by Gasteiger charge is -2.33. The van der Waals surface area contributed by atoms with Crippen LogP contribution in [0.25, 0.3) is 0 Å². The second-order valence-electron chi connectivity index (χ2n) is 5.91. The number of hydrogen-bond acceptors (Lipinski definition) is 4. The van der Waals surface area contributed by atoms with Crippen molar-refractivity contribution in [1.82, 2.24) is 15.6 Å². The molecule has 6 nitrogen and oxygen atoms in total. The summed E-state index contributed by atoms with van der Waals surface area (Å²) in [5.41, 5.74) is -0.752. The predicted molar refractivity (Wildman–Crippen MR) is 87.5 cm³/mol. The molecule has 1 aliphatic heterocycles. The van der Waals surface area contributed by atoms with Gasteiger partial charge in [-0.15, -0.1) is 0 Å². The molecule has 1 aromatic heterocycles. The Kier molecular flexibility index (Phi) is 6.86. The van der Waals surface area contributed by atoms with E-state index in [1.54, 1.807) is 7.11 Å². The maximum atomic E-state index is 12.6. The van der Waals surface area contributed by atoms with Crippen LogP contribution in [0.4, 0.5) is 23.8 Å². The summed E-state index contributed by atoms with van der Waals surface area (Å²) in [4.78, 5) is 17.6. The maximum absolute atomic E-state index is 12.6. The SMILES string of the molecule is COCCCNC(=O)NC1CCN(c2ccc(C(F)(F)F)cn2)CC1. The first-order chi connectivity index (χ1) is 11.9. The van der Waals surface area contributed by atoms with Crippen LogP contribution in [0.15, 0.2) is 18.3 Å². The van der Waals surface area contributed by atoms with Gasteiger partial charge in [0.2, 0.25) is 0 Å². The molecule has 1 aromatic rings. The molecule has 2 heterocycles. The summed E-state index contributed by atoms with van der Waals surface area (Å²) >= 11 is 0. The average Bonchev–Trinajstić information content (AvgIpc) is 2.59. The highest BCUT2D eigenvalue weighted by molar-refractivity contribution is 5.74. The number of anilines is 1. The van der Waals surface area contributed by atoms with Crippen molar-refractivity contribution >= 4 is 11.8 Å². The number of carbonyl (C=O) groups is 1. The summed E-state index contributed by atoms with van der Waals surface area (Å²) < 4.78 is 42.6. The number of aromatic nitrogens is 1. The number of amides is 2. The number of piperidine rings is 1. The number of carbonyl (C=O) groups excluding carboxylic acids is 1. The smallest absolute Gasteiger partial charge is 0.385 e. The fourth-order valence-electron chi connectivity index (χ4n) is 2.65. The summed E-state index contributed by atoms with van der Waals surface area (Å²) in [5, 5.41) is 5.68. The van der Waals surface area contributed by atoms with Gasteiger partial charge in [-0.3, -0.25) is 0 Å². The number of pyridine rings is 1. The maximum Gasteiger partial charge on any atom is 0.417 e. The number of alkyl halides is 3. The number of urea groups is 1. The highest BCUT2D eigenvalue weighted by Crippen LogP contribution is 2.29. The molecule has 0 radical (unpaired) electrons. The minimum Gasteiger partial charge on any atom is -0.385 e. The van der Waals surface area contributed by atoms with E-state index >= 15 is 0 Å². The molecular weight excluding hydrogens is 337 g/mol. The first-order valence-corrected chi connectivity index (χ1v) is 8.21. The largest absolute Gasteiger partial charge is 0.417 e. The third-order valence-corrected chi connectivity index (χ3v) is 4.04. The zero-order valence-electron chi connectivity index (χ0n) is 14.1. The van der Waals surface area contributed by atoms with Crippen molar-refractivity contribution in [2.45, 2.75) is 31.5 Å². The van der Waals surface area contributed by atoms with E-state index in [2.05, 4.69) is 15.6 Å². The number of methoxy groups -OCH3 is 1. The van der Waals surface area contributed by atoms with Crippen molar-refractivity contribution < 1.29 is 22.7 Å². The summed E-state index contributed by atoms with van der Waals surface area (Å²) in [6, 6.07) is 2.27. The summed E-state index contributed by atoms with van der Waals surface area (Å²) in [6.45, 7) is 2.41. The standard InChI is InChI=1S/C16H23F3N4O2/c1-25-10-2-7-20-15(24)22-13-5-8-23(9-6-13)14-4-3-12(11-21-14)16(17,18)19/h3-4,11,13H,2,5-10H2,1H3,(H2,20,22,24). The fourth-order valence-corrected chi connectivity index (χ4v) is 2.65. The zero-order chi connectivity index (χ0) is 18.3. The Morgan fingerprint density at radius 2 is 2.08 bits per heavy atom. The van der Waals surface area contributed by atoms with Crippen LogP contribution in [0.3, 0.4) is 0 Å². The molecule has 25 heavy (non-hydrogen) atoms. The van der Waals surface area contributed by atoms with E-state index in [0.29, 0.717) is 44.9 Å². The third-order valence-electron chi connectivity index (χ3n) is 4.04. The second kappa shape index (κ2) is 8.89. The molecule has 0 unspecified atom stereocenters. The Bertz CT molecular complexity index is 543. The molecule has 2 rings (SSSR count). The Morgan fingerprint density at radius 3 is 2.64 bits per heavy atom. The summed E-state index contributed by atoms with van der Waals surface area (Å²) in [7, 11) is 1.61. The van der Waals surface area contributed by atoms with Gasteiger partial charge in [0.15, 0.2) is 0 Å². The fraction of sp³-hybridized carbons (Fsp3) is 0.625. The quantitative estimate of drug-likeness (QED) is 0.765. The van der Waals surface area contributed by atoms with E-state index in [4.69, 9.17) is 4.74 Å². The van der Waals surface area contributed by atoms with Gasteiger partial charge in [0.1, 0.15) is 5.82 Å². The van der Waals surface area contributed by atoms with Crippen molar-refractivity contribution in [1.29, 1.82) is 0 Å². The minimum atomic E-state index is -4.38. The molecule has 1 fully saturated rings. The number of nitrogens with zero attached hydrogens (tertiary/aromatic N) is 2. The van der Waals surface area contributed by atoms with Crippen molar-refractivity contribution in [3.8, 4) is 0 Å². The number of nitrogens with one attached hydrogen (secondary N) is 2. The second-order valence-corrected chi connectivity index (χ2v) is 5.91. The van der Waals surface area contributed by atoms with Crippen LogP contribution in [0.1, 0.15) is 24.8 Å². The first kappa shape index (κ1) is 19.3. The molecule has 2 N–H and O–H groups in total. The lowest BCUT2D eigenvalue weighted by atomic mass is 10.1. The van der Waals surface area contributed by atoms with Gasteiger partial charge >= 0.3 is 12.2 Å². The molecular formula is C16H23F3N4O2. The van der Waals surface area contributed by atoms with E-state index < -0.39 is 11.7 Å². The first-order valence-electron chi connectivity index (χ1n) is 8.21. The number of ether oxygens (including phenoxy) is 1. The van der Waals surface area contributed by atoms with Crippen molar-refractivity contribution in [3.05, 3.63) is 23.9 Å². The third kappa shape index (κ3) is 6.08. The van der Waals surface area contributed by atoms with Crippen LogP contribution in [0.5, 0.6) is 0 Å². The van der Waals surface area contributed by atoms with E-state index in [1.165, 1.54) is 6.07 Å². The van der Waals surface area contributed by atoms with Gasteiger partial charge in [-0.05, 0) is 31.4 Å². The van der Waals surface area contributed by atoms with Gasteiger partial charge in [0.25, 0.3) is 0 Å². The van der Waals surface area contributed by atoms with Crippen molar-refractivity contribution in [2.24, 2.45) is 0 Å². The number of rotatable bonds is 6. The molecule has 9 heteroatoms. The molecule has 0 atom stereocenters. The van der Waals surface area contributed by atoms with Gasteiger partial charge in [-0.1, -0.05) is 0 Å². The Hall–Kier alpha value is -2.03. The van der Waals surface area contributed by atoms with Crippen LogP contribution in [-0.2, 0) is 10.9 Å². The van der Waals surface area contributed by atoms with Gasteiger partial charge in [0, 0.05) is 45.6 Å². The lowest BCUT2D eigenvalue weighted by molar-refractivity contribution is -0.137. The molecule has 1 saturated heterocycles. The van der Waals surface area contributed by atoms with E-state index in [0.717, 1.165) is 18.7 Å². The van der Waals surface area contributed by atoms with Crippen molar-refractivity contribution in [2.75, 3.05) is 38.3 Å². The number of hydrogen-bond donors (Lipinski definition) is 2. The molecule has 0 bridgehead atoms. The Morgan fingerprint density at radius 1 is 1.36 bits per heavy atom. The zero-order valence-corrected chi connectivity index (χ0v) is 14.1. The monoisotopic (exact) mass is 360 g/mol. The molecule has 0 aliphatic carbocycles. The van der Waals surface area contributed by atoms with Gasteiger partial charge in [-0.25, -0.2) is 9.78 Å². The number of halogens is 3. The molecule has 140 valence electrons. The van der Waals surface area contributed by atoms with Crippen LogP contribution < -0.4 is 15.5 Å². The van der Waals surface area contributed by atoms with Gasteiger partial charge in [0.05, 0.1) is 5.56 Å². The highest BCUT2D eigenvalue weighted by Gasteiger charge is 2.31. The molecule has 0 saturated carbocycles. The molecule has 0 aromatic carbocycles. The molecule has 2 amide bonds. The van der Waals surface area contributed by atoms with Crippen LogP contribution in [-0.4, -0.2) is 50.4 Å². The molecule has 1 aliphatic rings. The normalized spacial score (nSPS) is 15.9. The van der Waals surface area contributed by atoms with E-state index in [1.807, 2.05) is 4.90 Å². The summed E-state index contributed by atoms with van der Waals surface area (Å²) in [5.74, 6) is 0.524. The predicted octanol–water partition coefficient (Wildman–Crippen LogP) is 2.40. The minimum absolute atomic E-state index is 0.0492. The van der Waals surface area contributed by atoms with E-state index in [-0.39, 0.29) is 12.1 Å². The topological polar surface area (TPSA) is 66.5 Å². The van der Waals surface area contributed by atoms with Crippen LogP contribution in [0, 0.1) is 0 Å². The lowest BCUT2D eigenvalue weighted by Crippen LogP contribution is -2.48. The van der Waals surface area contributed by atoms with Crippen molar-refractivity contribution in [3.63, 3.8) is 0 Å².